The van der Waals surface area contributed by atoms with E-state index in [0.29, 0.717) is 18.2 Å². The van der Waals surface area contributed by atoms with Crippen molar-refractivity contribution in [1.82, 2.24) is 25.6 Å². The molecule has 6 nitrogen and oxygen atoms in total. The molecule has 0 saturated carbocycles. The zero-order chi connectivity index (χ0) is 14.4. The van der Waals surface area contributed by atoms with Gasteiger partial charge in [-0.15, -0.1) is 5.10 Å². The van der Waals surface area contributed by atoms with Crippen LogP contribution in [0.3, 0.4) is 0 Å². The van der Waals surface area contributed by atoms with E-state index in [9.17, 15) is 4.79 Å². The number of nitrogens with zero attached hydrogens (tertiary/aromatic N) is 3. The van der Waals surface area contributed by atoms with E-state index >= 15 is 0 Å². The normalized spacial score (nSPS) is 12.1. The van der Waals surface area contributed by atoms with Crippen LogP contribution < -0.4 is 10.6 Å². The lowest BCUT2D eigenvalue weighted by atomic mass is 10.2. The van der Waals surface area contributed by atoms with Crippen molar-refractivity contribution < 1.29 is 4.79 Å². The molecular formula is C14H19N5O. The van der Waals surface area contributed by atoms with Gasteiger partial charge < -0.3 is 10.6 Å². The number of rotatable bonds is 6. The lowest BCUT2D eigenvalue weighted by Gasteiger charge is -2.10. The first-order valence-electron chi connectivity index (χ1n) is 6.61. The number of carbonyl (C=O) groups is 1. The first-order valence-corrected chi connectivity index (χ1v) is 6.61. The fourth-order valence-corrected chi connectivity index (χ4v) is 1.83. The zero-order valence-corrected chi connectivity index (χ0v) is 11.7. The summed E-state index contributed by atoms with van der Waals surface area (Å²) in [5, 5.41) is 14.2. The average Bonchev–Trinajstić information content (AvgIpc) is 2.96. The number of para-hydroxylation sites is 1. The highest BCUT2D eigenvalue weighted by Gasteiger charge is 2.12. The van der Waals surface area contributed by atoms with Gasteiger partial charge in [0.2, 0.25) is 0 Å². The van der Waals surface area contributed by atoms with Crippen molar-refractivity contribution in [1.29, 1.82) is 0 Å². The Morgan fingerprint density at radius 2 is 2.05 bits per heavy atom. The Labute approximate surface area is 118 Å². The number of benzene rings is 1. The lowest BCUT2D eigenvalue weighted by molar-refractivity contribution is 0.0942. The highest BCUT2D eigenvalue weighted by molar-refractivity contribution is 5.91. The summed E-state index contributed by atoms with van der Waals surface area (Å²) in [7, 11) is 1.89. The summed E-state index contributed by atoms with van der Waals surface area (Å²) in [6, 6.07) is 9.49. The highest BCUT2D eigenvalue weighted by atomic mass is 16.2. The van der Waals surface area contributed by atoms with Gasteiger partial charge in [-0.1, -0.05) is 25.1 Å². The van der Waals surface area contributed by atoms with E-state index < -0.39 is 0 Å². The molecule has 1 aromatic heterocycles. The molecule has 0 spiro atoms. The predicted molar refractivity (Wildman–Crippen MR) is 76.8 cm³/mol. The second-order valence-corrected chi connectivity index (χ2v) is 4.73. The number of aromatic nitrogens is 3. The van der Waals surface area contributed by atoms with Gasteiger partial charge in [0.15, 0.2) is 5.69 Å². The van der Waals surface area contributed by atoms with Crippen LogP contribution in [0, 0.1) is 5.92 Å². The van der Waals surface area contributed by atoms with Gasteiger partial charge in [0.05, 0.1) is 11.9 Å². The number of carbonyl (C=O) groups excluding carboxylic acids is 1. The van der Waals surface area contributed by atoms with E-state index in [1.54, 1.807) is 0 Å². The summed E-state index contributed by atoms with van der Waals surface area (Å²) in [6.07, 6.45) is 1.48. The molecule has 2 rings (SSSR count). The molecule has 2 aromatic rings. The number of amides is 1. The topological polar surface area (TPSA) is 71.8 Å². The third-order valence-corrected chi connectivity index (χ3v) is 2.88. The molecule has 106 valence electrons. The summed E-state index contributed by atoms with van der Waals surface area (Å²) in [5.74, 6) is 0.170. The molecule has 1 unspecified atom stereocenters. The largest absolute Gasteiger partial charge is 0.350 e. The fraction of sp³-hybridized carbons (Fsp3) is 0.357. The van der Waals surface area contributed by atoms with Crippen molar-refractivity contribution in [3.8, 4) is 5.69 Å². The van der Waals surface area contributed by atoms with E-state index in [1.807, 2.05) is 37.4 Å². The molecule has 0 bridgehead atoms. The maximum Gasteiger partial charge on any atom is 0.273 e. The van der Waals surface area contributed by atoms with Gasteiger partial charge in [-0.25, -0.2) is 0 Å². The Kier molecular flexibility index (Phi) is 4.84. The van der Waals surface area contributed by atoms with Crippen molar-refractivity contribution in [2.75, 3.05) is 20.1 Å². The first kappa shape index (κ1) is 14.2. The Bertz CT molecular complexity index is 552. The molecule has 1 aromatic carbocycles. The minimum atomic E-state index is -0.199. The first-order chi connectivity index (χ1) is 9.70. The third-order valence-electron chi connectivity index (χ3n) is 2.88. The molecule has 0 radical (unpaired) electrons. The number of hydrogen-bond donors (Lipinski definition) is 2. The van der Waals surface area contributed by atoms with E-state index in [4.69, 9.17) is 0 Å². The van der Waals surface area contributed by atoms with Gasteiger partial charge in [-0.05, 0) is 31.6 Å². The van der Waals surface area contributed by atoms with Crippen molar-refractivity contribution >= 4 is 5.91 Å². The Balaban J connectivity index is 1.97. The molecule has 6 heteroatoms. The van der Waals surface area contributed by atoms with Crippen LogP contribution in [0.1, 0.15) is 17.4 Å². The minimum absolute atomic E-state index is 0.199. The van der Waals surface area contributed by atoms with Crippen LogP contribution >= 0.6 is 0 Å². The molecule has 0 aliphatic rings. The van der Waals surface area contributed by atoms with Gasteiger partial charge in [0, 0.05) is 6.54 Å². The Morgan fingerprint density at radius 1 is 1.30 bits per heavy atom. The van der Waals surface area contributed by atoms with Gasteiger partial charge >= 0.3 is 0 Å². The van der Waals surface area contributed by atoms with E-state index in [0.717, 1.165) is 12.2 Å². The van der Waals surface area contributed by atoms with E-state index in [1.165, 1.54) is 11.0 Å². The molecule has 2 N–H and O–H groups in total. The monoisotopic (exact) mass is 273 g/mol. The summed E-state index contributed by atoms with van der Waals surface area (Å²) in [5.41, 5.74) is 1.15. The van der Waals surface area contributed by atoms with Crippen LogP contribution in [0.5, 0.6) is 0 Å². The molecule has 20 heavy (non-hydrogen) atoms. The second kappa shape index (κ2) is 6.81. The summed E-state index contributed by atoms with van der Waals surface area (Å²) in [6.45, 7) is 3.53. The average molecular weight is 273 g/mol. The third kappa shape index (κ3) is 3.64. The Hall–Kier alpha value is -2.21. The van der Waals surface area contributed by atoms with Gasteiger partial charge in [-0.2, -0.15) is 9.90 Å². The molecule has 1 amide bonds. The minimum Gasteiger partial charge on any atom is -0.350 e. The smallest absolute Gasteiger partial charge is 0.273 e. The van der Waals surface area contributed by atoms with Crippen molar-refractivity contribution in [3.05, 3.63) is 42.2 Å². The quantitative estimate of drug-likeness (QED) is 0.818. The highest BCUT2D eigenvalue weighted by Crippen LogP contribution is 2.04. The van der Waals surface area contributed by atoms with Gasteiger partial charge in [0.1, 0.15) is 0 Å². The van der Waals surface area contributed by atoms with E-state index in [-0.39, 0.29) is 5.91 Å². The zero-order valence-electron chi connectivity index (χ0n) is 11.7. The van der Waals surface area contributed by atoms with Crippen LogP contribution in [0.2, 0.25) is 0 Å². The van der Waals surface area contributed by atoms with Gasteiger partial charge in [-0.3, -0.25) is 4.79 Å². The summed E-state index contributed by atoms with van der Waals surface area (Å²) < 4.78 is 0. The molecular weight excluding hydrogens is 254 g/mol. The van der Waals surface area contributed by atoms with Crippen molar-refractivity contribution in [2.45, 2.75) is 6.92 Å². The van der Waals surface area contributed by atoms with Crippen molar-refractivity contribution in [3.63, 3.8) is 0 Å². The summed E-state index contributed by atoms with van der Waals surface area (Å²) in [4.78, 5) is 13.4. The SMILES string of the molecule is CNCC(C)CNC(=O)c1cnn(-c2ccccc2)n1. The molecule has 0 saturated heterocycles. The van der Waals surface area contributed by atoms with Gasteiger partial charge in [0.25, 0.3) is 5.91 Å². The van der Waals surface area contributed by atoms with E-state index in [2.05, 4.69) is 27.8 Å². The number of hydrogen-bond acceptors (Lipinski definition) is 4. The molecule has 0 aliphatic heterocycles. The maximum absolute atomic E-state index is 12.0. The number of nitrogens with one attached hydrogen (secondary N) is 2. The molecule has 1 atom stereocenters. The van der Waals surface area contributed by atoms with Crippen LogP contribution in [-0.2, 0) is 0 Å². The van der Waals surface area contributed by atoms with Crippen LogP contribution in [-0.4, -0.2) is 41.0 Å². The van der Waals surface area contributed by atoms with Crippen LogP contribution in [0.15, 0.2) is 36.5 Å². The molecule has 0 aliphatic carbocycles. The summed E-state index contributed by atoms with van der Waals surface area (Å²) >= 11 is 0. The van der Waals surface area contributed by atoms with Crippen LogP contribution in [0.4, 0.5) is 0 Å². The van der Waals surface area contributed by atoms with Crippen molar-refractivity contribution in [2.24, 2.45) is 5.92 Å². The molecule has 0 fully saturated rings. The fourth-order valence-electron chi connectivity index (χ4n) is 1.83. The van der Waals surface area contributed by atoms with Crippen LogP contribution in [0.25, 0.3) is 5.69 Å². The lowest BCUT2D eigenvalue weighted by Crippen LogP contribution is -2.32. The standard InChI is InChI=1S/C14H19N5O/c1-11(8-15-2)9-16-14(20)13-10-17-19(18-13)12-6-4-3-5-7-12/h3-7,10-11,15H,8-9H2,1-2H3,(H,16,20). The molecule has 1 heterocycles. The maximum atomic E-state index is 12.0. The second-order valence-electron chi connectivity index (χ2n) is 4.73. The predicted octanol–water partition coefficient (Wildman–Crippen LogP) is 0.853. The Morgan fingerprint density at radius 3 is 2.75 bits per heavy atom.